The van der Waals surface area contributed by atoms with Crippen molar-refractivity contribution < 1.29 is 4.79 Å². The minimum atomic E-state index is -0.150. The van der Waals surface area contributed by atoms with Crippen LogP contribution in [0.15, 0.2) is 35.1 Å². The molecule has 0 saturated carbocycles. The zero-order valence-electron chi connectivity index (χ0n) is 7.86. The van der Waals surface area contributed by atoms with E-state index in [1.165, 1.54) is 10.6 Å². The molecule has 0 saturated heterocycles. The molecule has 1 aliphatic rings. The largest absolute Gasteiger partial charge is 0.323 e. The fraction of sp³-hybridized carbons (Fsp3) is 0.0909. The molecular weight excluding hydrogens is 192 g/mol. The van der Waals surface area contributed by atoms with E-state index in [0.717, 1.165) is 10.9 Å². The molecule has 74 valence electrons. The lowest BCUT2D eigenvalue weighted by molar-refractivity contribution is -0.116. The molecule has 15 heavy (non-hydrogen) atoms. The van der Waals surface area contributed by atoms with Gasteiger partial charge in [0.2, 0.25) is 5.91 Å². The normalized spacial score (nSPS) is 14.0. The number of rotatable bonds is 0. The highest BCUT2D eigenvalue weighted by Crippen LogP contribution is 2.24. The van der Waals surface area contributed by atoms with Crippen LogP contribution in [-0.4, -0.2) is 10.5 Å². The predicted octanol–water partition coefficient (Wildman–Crippen LogP) is 0.954. The monoisotopic (exact) mass is 200 g/mol. The Morgan fingerprint density at radius 3 is 2.87 bits per heavy atom. The van der Waals surface area contributed by atoms with E-state index in [9.17, 15) is 9.59 Å². The second-order valence-corrected chi connectivity index (χ2v) is 3.55. The number of carbonyl (C=O) groups is 1. The molecule has 1 aromatic heterocycles. The molecule has 0 bridgehead atoms. The molecule has 0 unspecified atom stereocenters. The molecule has 2 heterocycles. The van der Waals surface area contributed by atoms with Gasteiger partial charge in [-0.1, -0.05) is 12.1 Å². The molecule has 3 rings (SSSR count). The van der Waals surface area contributed by atoms with Gasteiger partial charge in [-0.15, -0.1) is 0 Å². The topological polar surface area (TPSA) is 51.1 Å². The summed E-state index contributed by atoms with van der Waals surface area (Å²) in [7, 11) is 0. The van der Waals surface area contributed by atoms with E-state index in [4.69, 9.17) is 0 Å². The van der Waals surface area contributed by atoms with Gasteiger partial charge < -0.3 is 5.32 Å². The maximum absolute atomic E-state index is 11.6. The van der Waals surface area contributed by atoms with E-state index in [-0.39, 0.29) is 18.0 Å². The van der Waals surface area contributed by atoms with Gasteiger partial charge >= 0.3 is 0 Å². The van der Waals surface area contributed by atoms with E-state index in [0.29, 0.717) is 5.69 Å². The van der Waals surface area contributed by atoms with Crippen molar-refractivity contribution in [1.29, 1.82) is 0 Å². The fourth-order valence-electron chi connectivity index (χ4n) is 1.95. The number of para-hydroxylation sites is 1. The third kappa shape index (κ3) is 1.08. The van der Waals surface area contributed by atoms with Crippen LogP contribution in [-0.2, 0) is 11.3 Å². The van der Waals surface area contributed by atoms with Gasteiger partial charge in [0, 0.05) is 11.5 Å². The summed E-state index contributed by atoms with van der Waals surface area (Å²) in [5.74, 6) is -0.150. The highest BCUT2D eigenvalue weighted by Gasteiger charge is 2.17. The summed E-state index contributed by atoms with van der Waals surface area (Å²) >= 11 is 0. The van der Waals surface area contributed by atoms with Crippen molar-refractivity contribution in [2.45, 2.75) is 6.54 Å². The van der Waals surface area contributed by atoms with Gasteiger partial charge in [-0.25, -0.2) is 0 Å². The number of pyridine rings is 1. The van der Waals surface area contributed by atoms with Gasteiger partial charge in [-0.3, -0.25) is 14.2 Å². The molecule has 1 N–H and O–H groups in total. The smallest absolute Gasteiger partial charge is 0.251 e. The average Bonchev–Trinajstić information content (AvgIpc) is 2.23. The van der Waals surface area contributed by atoms with Gasteiger partial charge in [0.05, 0.1) is 11.2 Å². The van der Waals surface area contributed by atoms with Crippen molar-refractivity contribution in [1.82, 2.24) is 4.57 Å². The average molecular weight is 200 g/mol. The molecule has 1 aliphatic heterocycles. The Hall–Kier alpha value is -2.10. The Balaban J connectivity index is 2.53. The maximum atomic E-state index is 11.6. The SMILES string of the molecule is O=C1Cn2c(=O)ccc3cccc(c32)N1. The summed E-state index contributed by atoms with van der Waals surface area (Å²) in [6.45, 7) is 0.104. The second-order valence-electron chi connectivity index (χ2n) is 3.55. The van der Waals surface area contributed by atoms with Gasteiger partial charge in [0.25, 0.3) is 5.56 Å². The lowest BCUT2D eigenvalue weighted by Crippen LogP contribution is -2.31. The number of benzene rings is 1. The summed E-state index contributed by atoms with van der Waals surface area (Å²) in [5, 5.41) is 3.72. The van der Waals surface area contributed by atoms with Crippen molar-refractivity contribution >= 4 is 22.5 Å². The van der Waals surface area contributed by atoms with Crippen LogP contribution < -0.4 is 10.9 Å². The molecule has 0 fully saturated rings. The quantitative estimate of drug-likeness (QED) is 0.688. The van der Waals surface area contributed by atoms with E-state index >= 15 is 0 Å². The molecule has 1 aromatic carbocycles. The highest BCUT2D eigenvalue weighted by molar-refractivity contribution is 6.03. The Bertz CT molecular complexity index is 628. The van der Waals surface area contributed by atoms with E-state index in [1.54, 1.807) is 12.1 Å². The first-order chi connectivity index (χ1) is 7.25. The van der Waals surface area contributed by atoms with Crippen molar-refractivity contribution in [3.63, 3.8) is 0 Å². The first-order valence-corrected chi connectivity index (χ1v) is 4.68. The number of aromatic nitrogens is 1. The zero-order valence-corrected chi connectivity index (χ0v) is 7.86. The van der Waals surface area contributed by atoms with Crippen LogP contribution in [0, 0.1) is 0 Å². The fourth-order valence-corrected chi connectivity index (χ4v) is 1.95. The number of carbonyl (C=O) groups excluding carboxylic acids is 1. The molecule has 1 amide bonds. The lowest BCUT2D eigenvalue weighted by Gasteiger charge is -2.19. The third-order valence-electron chi connectivity index (χ3n) is 2.58. The first-order valence-electron chi connectivity index (χ1n) is 4.68. The second kappa shape index (κ2) is 2.70. The Kier molecular flexibility index (Phi) is 1.48. The Morgan fingerprint density at radius 1 is 1.13 bits per heavy atom. The number of nitrogens with one attached hydrogen (secondary N) is 1. The Labute approximate surface area is 85.1 Å². The molecule has 4 heteroatoms. The maximum Gasteiger partial charge on any atom is 0.251 e. The summed E-state index contributed by atoms with van der Waals surface area (Å²) < 4.78 is 1.50. The van der Waals surface area contributed by atoms with Gasteiger partial charge in [0.1, 0.15) is 6.54 Å². The van der Waals surface area contributed by atoms with Crippen LogP contribution in [0.3, 0.4) is 0 Å². The van der Waals surface area contributed by atoms with Gasteiger partial charge in [-0.05, 0) is 12.1 Å². The standard InChI is InChI=1S/C11H8N2O2/c14-9-6-13-10(15)5-4-7-2-1-3-8(12-9)11(7)13/h1-5H,6H2,(H,12,14). The van der Waals surface area contributed by atoms with Crippen LogP contribution in [0.1, 0.15) is 0 Å². The van der Waals surface area contributed by atoms with Crippen molar-refractivity contribution in [2.24, 2.45) is 0 Å². The molecule has 0 spiro atoms. The minimum absolute atomic E-state index is 0.104. The van der Waals surface area contributed by atoms with Crippen LogP contribution in [0.5, 0.6) is 0 Å². The van der Waals surface area contributed by atoms with E-state index in [1.807, 2.05) is 12.1 Å². The summed E-state index contributed by atoms with van der Waals surface area (Å²) in [6, 6.07) is 8.85. The van der Waals surface area contributed by atoms with Crippen molar-refractivity contribution in [3.05, 3.63) is 40.7 Å². The Morgan fingerprint density at radius 2 is 2.00 bits per heavy atom. The summed E-state index contributed by atoms with van der Waals surface area (Å²) in [5.41, 5.74) is 1.39. The van der Waals surface area contributed by atoms with Gasteiger partial charge in [-0.2, -0.15) is 0 Å². The number of amides is 1. The number of hydrogen-bond donors (Lipinski definition) is 1. The van der Waals surface area contributed by atoms with Crippen molar-refractivity contribution in [2.75, 3.05) is 5.32 Å². The van der Waals surface area contributed by atoms with Crippen LogP contribution >= 0.6 is 0 Å². The predicted molar refractivity (Wildman–Crippen MR) is 56.8 cm³/mol. The molecule has 0 aliphatic carbocycles. The van der Waals surface area contributed by atoms with Gasteiger partial charge in [0.15, 0.2) is 0 Å². The minimum Gasteiger partial charge on any atom is -0.323 e. The summed E-state index contributed by atoms with van der Waals surface area (Å²) in [6.07, 6.45) is 0. The zero-order chi connectivity index (χ0) is 10.4. The molecule has 4 nitrogen and oxygen atoms in total. The van der Waals surface area contributed by atoms with Crippen LogP contribution in [0.25, 0.3) is 10.9 Å². The molecule has 0 atom stereocenters. The molecular formula is C11H8N2O2. The molecule has 0 radical (unpaired) electrons. The summed E-state index contributed by atoms with van der Waals surface area (Å²) in [4.78, 5) is 22.9. The number of nitrogens with zero attached hydrogens (tertiary/aromatic N) is 1. The third-order valence-corrected chi connectivity index (χ3v) is 2.58. The van der Waals surface area contributed by atoms with E-state index < -0.39 is 0 Å². The van der Waals surface area contributed by atoms with Crippen LogP contribution in [0.4, 0.5) is 5.69 Å². The number of anilines is 1. The number of hydrogen-bond acceptors (Lipinski definition) is 2. The molecule has 2 aromatic rings. The van der Waals surface area contributed by atoms with Crippen LogP contribution in [0.2, 0.25) is 0 Å². The van der Waals surface area contributed by atoms with E-state index in [2.05, 4.69) is 5.32 Å². The van der Waals surface area contributed by atoms with Crippen molar-refractivity contribution in [3.8, 4) is 0 Å². The first kappa shape index (κ1) is 8.23. The lowest BCUT2D eigenvalue weighted by atomic mass is 10.1. The highest BCUT2D eigenvalue weighted by atomic mass is 16.2.